The SMILES string of the molecule is CC1=CSC=NC1.CCC. The van der Waals surface area contributed by atoms with Gasteiger partial charge in [-0.2, -0.15) is 0 Å². The van der Waals surface area contributed by atoms with Gasteiger partial charge in [-0.3, -0.25) is 4.99 Å². The van der Waals surface area contributed by atoms with Gasteiger partial charge in [0.05, 0.1) is 12.1 Å². The Morgan fingerprint density at radius 3 is 2.40 bits per heavy atom. The van der Waals surface area contributed by atoms with E-state index >= 15 is 0 Å². The number of nitrogens with zero attached hydrogens (tertiary/aromatic N) is 1. The van der Waals surface area contributed by atoms with Crippen molar-refractivity contribution in [3.63, 3.8) is 0 Å². The maximum Gasteiger partial charge on any atom is 0.0611 e. The number of hydrogen-bond acceptors (Lipinski definition) is 2. The van der Waals surface area contributed by atoms with Crippen LogP contribution < -0.4 is 0 Å². The van der Waals surface area contributed by atoms with E-state index in [0.717, 1.165) is 6.54 Å². The average Bonchev–Trinajstić information content (AvgIpc) is 1.91. The molecule has 0 spiro atoms. The van der Waals surface area contributed by atoms with Crippen molar-refractivity contribution in [3.8, 4) is 0 Å². The van der Waals surface area contributed by atoms with Crippen LogP contribution in [0, 0.1) is 0 Å². The van der Waals surface area contributed by atoms with E-state index in [0.29, 0.717) is 0 Å². The summed E-state index contributed by atoms with van der Waals surface area (Å²) in [4.78, 5) is 4.03. The molecule has 58 valence electrons. The number of hydrogen-bond donors (Lipinski definition) is 0. The normalized spacial score (nSPS) is 15.3. The predicted molar refractivity (Wildman–Crippen MR) is 50.7 cm³/mol. The molecule has 1 aliphatic rings. The largest absolute Gasteiger partial charge is 0.282 e. The fourth-order valence-corrected chi connectivity index (χ4v) is 0.936. The summed E-state index contributed by atoms with van der Waals surface area (Å²) in [6.45, 7) is 7.23. The summed E-state index contributed by atoms with van der Waals surface area (Å²) >= 11 is 1.65. The van der Waals surface area contributed by atoms with Crippen LogP contribution in [0.1, 0.15) is 27.2 Å². The van der Waals surface area contributed by atoms with E-state index in [1.807, 2.05) is 5.55 Å². The van der Waals surface area contributed by atoms with Gasteiger partial charge in [-0.15, -0.1) is 0 Å². The Balaban J connectivity index is 0.000000236. The highest BCUT2D eigenvalue weighted by Gasteiger charge is 1.88. The van der Waals surface area contributed by atoms with E-state index in [2.05, 4.69) is 31.2 Å². The Hall–Kier alpha value is -0.240. The molecule has 1 rings (SSSR count). The molecule has 0 saturated heterocycles. The molecule has 0 aliphatic carbocycles. The summed E-state index contributed by atoms with van der Waals surface area (Å²) in [5, 5.41) is 2.12. The van der Waals surface area contributed by atoms with Crippen molar-refractivity contribution < 1.29 is 0 Å². The summed E-state index contributed by atoms with van der Waals surface area (Å²) in [6.07, 6.45) is 1.25. The van der Waals surface area contributed by atoms with Crippen LogP contribution >= 0.6 is 11.8 Å². The van der Waals surface area contributed by atoms with Gasteiger partial charge in [0.1, 0.15) is 0 Å². The first-order valence-corrected chi connectivity index (χ1v) is 4.55. The molecule has 1 aliphatic heterocycles. The molecule has 1 nitrogen and oxygen atoms in total. The Morgan fingerprint density at radius 1 is 1.60 bits per heavy atom. The molecule has 0 N–H and O–H groups in total. The highest BCUT2D eigenvalue weighted by Crippen LogP contribution is 2.08. The molecule has 0 bridgehead atoms. The van der Waals surface area contributed by atoms with Gasteiger partial charge in [-0.05, 0) is 17.9 Å². The molecule has 0 saturated carbocycles. The molecule has 0 aromatic carbocycles. The molecule has 0 amide bonds. The Labute approximate surface area is 67.6 Å². The van der Waals surface area contributed by atoms with E-state index in [9.17, 15) is 0 Å². The van der Waals surface area contributed by atoms with Crippen molar-refractivity contribution in [2.75, 3.05) is 6.54 Å². The first-order valence-electron chi connectivity index (χ1n) is 3.60. The molecule has 2 heteroatoms. The second kappa shape index (κ2) is 6.87. The number of thioether (sulfide) groups is 1. The van der Waals surface area contributed by atoms with E-state index in [-0.39, 0.29) is 0 Å². The summed E-state index contributed by atoms with van der Waals surface area (Å²) in [5.74, 6) is 0. The molecule has 0 atom stereocenters. The zero-order chi connectivity index (χ0) is 7.82. The van der Waals surface area contributed by atoms with Gasteiger partial charge in [0.2, 0.25) is 0 Å². The highest BCUT2D eigenvalue weighted by atomic mass is 32.2. The zero-order valence-electron chi connectivity index (χ0n) is 6.92. The van der Waals surface area contributed by atoms with Crippen LogP contribution in [0.3, 0.4) is 0 Å². The average molecular weight is 157 g/mol. The lowest BCUT2D eigenvalue weighted by atomic mass is 10.4. The van der Waals surface area contributed by atoms with Gasteiger partial charge in [-0.1, -0.05) is 32.0 Å². The van der Waals surface area contributed by atoms with Gasteiger partial charge in [-0.25, -0.2) is 0 Å². The van der Waals surface area contributed by atoms with E-state index in [4.69, 9.17) is 0 Å². The minimum Gasteiger partial charge on any atom is -0.282 e. The lowest BCUT2D eigenvalue weighted by Crippen LogP contribution is -1.85. The van der Waals surface area contributed by atoms with Gasteiger partial charge >= 0.3 is 0 Å². The molecule has 0 unspecified atom stereocenters. The maximum absolute atomic E-state index is 4.03. The molecule has 10 heavy (non-hydrogen) atoms. The fourth-order valence-electron chi connectivity index (χ4n) is 0.408. The minimum absolute atomic E-state index is 0.896. The van der Waals surface area contributed by atoms with E-state index in [1.54, 1.807) is 11.8 Å². The van der Waals surface area contributed by atoms with E-state index in [1.165, 1.54) is 12.0 Å². The second-order valence-corrected chi connectivity index (χ2v) is 2.97. The minimum atomic E-state index is 0.896. The molecule has 1 heterocycles. The summed E-state index contributed by atoms with van der Waals surface area (Å²) in [5.41, 5.74) is 3.22. The molecule has 0 aromatic rings. The Morgan fingerprint density at radius 2 is 2.20 bits per heavy atom. The second-order valence-electron chi connectivity index (χ2n) is 2.25. The molecular weight excluding hydrogens is 142 g/mol. The summed E-state index contributed by atoms with van der Waals surface area (Å²) in [6, 6.07) is 0. The third-order valence-corrected chi connectivity index (χ3v) is 1.55. The Kier molecular flexibility index (Phi) is 6.71. The number of rotatable bonds is 0. The van der Waals surface area contributed by atoms with Crippen molar-refractivity contribution in [1.82, 2.24) is 0 Å². The standard InChI is InChI=1S/C5H7NS.C3H8/c1-5-2-6-4-7-3-5;1-3-2/h3-4H,2H2,1H3;3H2,1-2H3. The summed E-state index contributed by atoms with van der Waals surface area (Å²) in [7, 11) is 0. The van der Waals surface area contributed by atoms with Crippen LogP contribution in [-0.2, 0) is 0 Å². The smallest absolute Gasteiger partial charge is 0.0611 e. The molecule has 0 fully saturated rings. The molecule has 0 radical (unpaired) electrons. The monoisotopic (exact) mass is 157 g/mol. The maximum atomic E-state index is 4.03. The third-order valence-electron chi connectivity index (χ3n) is 0.745. The van der Waals surface area contributed by atoms with Gasteiger partial charge in [0, 0.05) is 0 Å². The van der Waals surface area contributed by atoms with Gasteiger partial charge < -0.3 is 0 Å². The van der Waals surface area contributed by atoms with Crippen molar-refractivity contribution in [1.29, 1.82) is 0 Å². The van der Waals surface area contributed by atoms with Crippen LogP contribution in [0.25, 0.3) is 0 Å². The van der Waals surface area contributed by atoms with Crippen molar-refractivity contribution in [2.24, 2.45) is 4.99 Å². The first kappa shape index (κ1) is 9.76. The lowest BCUT2D eigenvalue weighted by Gasteiger charge is -1.97. The van der Waals surface area contributed by atoms with Crippen LogP contribution in [0.5, 0.6) is 0 Å². The van der Waals surface area contributed by atoms with Crippen molar-refractivity contribution in [3.05, 3.63) is 11.0 Å². The molecule has 0 aromatic heterocycles. The van der Waals surface area contributed by atoms with Crippen LogP contribution in [0.2, 0.25) is 0 Å². The molecular formula is C8H15NS. The Bertz CT molecular complexity index is 127. The van der Waals surface area contributed by atoms with Gasteiger partial charge in [0.15, 0.2) is 0 Å². The zero-order valence-corrected chi connectivity index (χ0v) is 7.74. The quantitative estimate of drug-likeness (QED) is 0.526. The predicted octanol–water partition coefficient (Wildman–Crippen LogP) is 3.08. The van der Waals surface area contributed by atoms with E-state index < -0.39 is 0 Å². The van der Waals surface area contributed by atoms with Crippen LogP contribution in [0.15, 0.2) is 16.0 Å². The fraction of sp³-hybridized carbons (Fsp3) is 0.625. The van der Waals surface area contributed by atoms with Gasteiger partial charge in [0.25, 0.3) is 0 Å². The first-order chi connectivity index (χ1) is 4.81. The van der Waals surface area contributed by atoms with Crippen LogP contribution in [0.4, 0.5) is 0 Å². The van der Waals surface area contributed by atoms with Crippen molar-refractivity contribution >= 4 is 17.3 Å². The van der Waals surface area contributed by atoms with Crippen LogP contribution in [-0.4, -0.2) is 12.1 Å². The number of aliphatic imine (C=N–C) groups is 1. The third kappa shape index (κ3) is 5.89. The topological polar surface area (TPSA) is 12.4 Å². The highest BCUT2D eigenvalue weighted by molar-refractivity contribution is 8.14. The lowest BCUT2D eigenvalue weighted by molar-refractivity contribution is 1.09. The summed E-state index contributed by atoms with van der Waals surface area (Å²) < 4.78 is 0. The van der Waals surface area contributed by atoms with Crippen molar-refractivity contribution in [2.45, 2.75) is 27.2 Å².